The average molecular weight is 280 g/mol. The zero-order valence-electron chi connectivity index (χ0n) is 11.8. The molecule has 3 aromatic rings. The van der Waals surface area contributed by atoms with Crippen molar-refractivity contribution in [2.45, 2.75) is 6.42 Å². The molecule has 0 aliphatic rings. The summed E-state index contributed by atoms with van der Waals surface area (Å²) in [5, 5.41) is 4.22. The van der Waals surface area contributed by atoms with Gasteiger partial charge in [-0.3, -0.25) is 9.78 Å². The molecule has 5 heteroatoms. The normalized spacial score (nSPS) is 10.7. The van der Waals surface area contributed by atoms with Crippen LogP contribution < -0.4 is 10.9 Å². The number of aromatic nitrogens is 3. The van der Waals surface area contributed by atoms with Crippen LogP contribution >= 0.6 is 0 Å². The van der Waals surface area contributed by atoms with E-state index in [9.17, 15) is 4.79 Å². The van der Waals surface area contributed by atoms with Gasteiger partial charge < -0.3 is 9.88 Å². The van der Waals surface area contributed by atoms with Crippen molar-refractivity contribution in [3.05, 3.63) is 64.8 Å². The van der Waals surface area contributed by atoms with Crippen molar-refractivity contribution in [1.82, 2.24) is 14.5 Å². The molecule has 0 radical (unpaired) electrons. The topological polar surface area (TPSA) is 59.8 Å². The first-order chi connectivity index (χ1) is 10.3. The Morgan fingerprint density at radius 3 is 2.90 bits per heavy atom. The van der Waals surface area contributed by atoms with Crippen LogP contribution in [0.5, 0.6) is 0 Å². The van der Waals surface area contributed by atoms with Crippen molar-refractivity contribution >= 4 is 16.7 Å². The van der Waals surface area contributed by atoms with E-state index in [1.54, 1.807) is 25.6 Å². The van der Waals surface area contributed by atoms with Gasteiger partial charge in [-0.05, 0) is 18.1 Å². The third-order valence-corrected chi connectivity index (χ3v) is 3.42. The van der Waals surface area contributed by atoms with E-state index in [0.29, 0.717) is 12.4 Å². The standard InChI is InChI=1S/C16H16N4O/c1-20-11-10-19-15(16(20)21)18-9-7-13-5-2-4-12-6-3-8-17-14(12)13/h2-6,8,10-11H,7,9H2,1H3,(H,18,19). The number of hydrogen-bond acceptors (Lipinski definition) is 4. The Kier molecular flexibility index (Phi) is 3.64. The number of rotatable bonds is 4. The number of nitrogens with one attached hydrogen (secondary N) is 1. The van der Waals surface area contributed by atoms with Crippen LogP contribution in [0, 0.1) is 0 Å². The minimum absolute atomic E-state index is 0.117. The van der Waals surface area contributed by atoms with Gasteiger partial charge in [0.1, 0.15) is 0 Å². The summed E-state index contributed by atoms with van der Waals surface area (Å²) >= 11 is 0. The number of fused-ring (bicyclic) bond motifs is 1. The number of pyridine rings is 1. The molecule has 0 amide bonds. The Labute approximate surface area is 122 Å². The van der Waals surface area contributed by atoms with E-state index in [1.165, 1.54) is 4.57 Å². The lowest BCUT2D eigenvalue weighted by Crippen LogP contribution is -2.22. The summed E-state index contributed by atoms with van der Waals surface area (Å²) in [4.78, 5) is 20.4. The van der Waals surface area contributed by atoms with Crippen molar-refractivity contribution in [1.29, 1.82) is 0 Å². The molecule has 3 rings (SSSR count). The minimum Gasteiger partial charge on any atom is -0.365 e. The minimum atomic E-state index is -0.117. The van der Waals surface area contributed by atoms with Gasteiger partial charge in [-0.1, -0.05) is 24.3 Å². The number of aryl methyl sites for hydroxylation is 1. The molecule has 0 saturated heterocycles. The maximum absolute atomic E-state index is 11.8. The van der Waals surface area contributed by atoms with Gasteiger partial charge in [-0.25, -0.2) is 4.98 Å². The molecule has 0 saturated carbocycles. The summed E-state index contributed by atoms with van der Waals surface area (Å²) in [7, 11) is 1.71. The van der Waals surface area contributed by atoms with Gasteiger partial charge in [-0.15, -0.1) is 0 Å². The van der Waals surface area contributed by atoms with Crippen LogP contribution in [0.3, 0.4) is 0 Å². The third-order valence-electron chi connectivity index (χ3n) is 3.42. The molecule has 1 aromatic carbocycles. The van der Waals surface area contributed by atoms with Gasteiger partial charge in [0, 0.05) is 37.6 Å². The first-order valence-corrected chi connectivity index (χ1v) is 6.84. The lowest BCUT2D eigenvalue weighted by Gasteiger charge is -2.08. The van der Waals surface area contributed by atoms with E-state index < -0.39 is 0 Å². The van der Waals surface area contributed by atoms with Crippen molar-refractivity contribution in [3.8, 4) is 0 Å². The fraction of sp³-hybridized carbons (Fsp3) is 0.188. The molecule has 0 aliphatic heterocycles. The van der Waals surface area contributed by atoms with Crippen LogP contribution in [0.25, 0.3) is 10.9 Å². The lowest BCUT2D eigenvalue weighted by atomic mass is 10.1. The van der Waals surface area contributed by atoms with Gasteiger partial charge in [0.15, 0.2) is 5.82 Å². The highest BCUT2D eigenvalue weighted by Gasteiger charge is 2.04. The van der Waals surface area contributed by atoms with Crippen molar-refractivity contribution in [3.63, 3.8) is 0 Å². The molecule has 2 heterocycles. The highest BCUT2D eigenvalue weighted by atomic mass is 16.1. The van der Waals surface area contributed by atoms with E-state index in [2.05, 4.69) is 21.4 Å². The molecule has 5 nitrogen and oxygen atoms in total. The van der Waals surface area contributed by atoms with Crippen LogP contribution in [0.1, 0.15) is 5.56 Å². The molecule has 106 valence electrons. The third kappa shape index (κ3) is 2.76. The molecule has 0 aliphatic carbocycles. The van der Waals surface area contributed by atoms with Gasteiger partial charge in [0.25, 0.3) is 5.56 Å². The maximum atomic E-state index is 11.8. The Bertz CT molecular complexity index is 820. The first-order valence-electron chi connectivity index (χ1n) is 6.84. The second kappa shape index (κ2) is 5.75. The van der Waals surface area contributed by atoms with Crippen LogP contribution in [-0.2, 0) is 13.5 Å². The molecule has 0 bridgehead atoms. The van der Waals surface area contributed by atoms with Crippen LogP contribution in [0.15, 0.2) is 53.7 Å². The van der Waals surface area contributed by atoms with E-state index in [1.807, 2.05) is 24.3 Å². The fourth-order valence-corrected chi connectivity index (χ4v) is 2.30. The summed E-state index contributed by atoms with van der Waals surface area (Å²) in [5.74, 6) is 0.383. The molecule has 0 atom stereocenters. The fourth-order valence-electron chi connectivity index (χ4n) is 2.30. The van der Waals surface area contributed by atoms with E-state index in [0.717, 1.165) is 22.9 Å². The van der Waals surface area contributed by atoms with E-state index in [-0.39, 0.29) is 5.56 Å². The van der Waals surface area contributed by atoms with Crippen LogP contribution in [0.2, 0.25) is 0 Å². The Hall–Kier alpha value is -2.69. The summed E-state index contributed by atoms with van der Waals surface area (Å²) in [6, 6.07) is 10.1. The Morgan fingerprint density at radius 1 is 1.14 bits per heavy atom. The summed E-state index contributed by atoms with van der Waals surface area (Å²) in [6.45, 7) is 0.641. The smallest absolute Gasteiger partial charge is 0.293 e. The number of benzene rings is 1. The average Bonchev–Trinajstić information content (AvgIpc) is 2.52. The van der Waals surface area contributed by atoms with Crippen molar-refractivity contribution in [2.75, 3.05) is 11.9 Å². The second-order valence-electron chi connectivity index (χ2n) is 4.86. The molecule has 21 heavy (non-hydrogen) atoms. The van der Waals surface area contributed by atoms with Crippen LogP contribution in [0.4, 0.5) is 5.82 Å². The van der Waals surface area contributed by atoms with Gasteiger partial charge in [-0.2, -0.15) is 0 Å². The molecule has 0 unspecified atom stereocenters. The highest BCUT2D eigenvalue weighted by Crippen LogP contribution is 2.16. The SMILES string of the molecule is Cn1ccnc(NCCc2cccc3cccnc23)c1=O. The highest BCUT2D eigenvalue weighted by molar-refractivity contribution is 5.81. The predicted molar refractivity (Wildman–Crippen MR) is 83.4 cm³/mol. The number of anilines is 1. The summed E-state index contributed by atoms with van der Waals surface area (Å²) in [6.07, 6.45) is 5.84. The quantitative estimate of drug-likeness (QED) is 0.794. The molecular weight excluding hydrogens is 264 g/mol. The summed E-state index contributed by atoms with van der Waals surface area (Å²) < 4.78 is 1.51. The number of para-hydroxylation sites is 1. The van der Waals surface area contributed by atoms with Gasteiger partial charge in [0.05, 0.1) is 5.52 Å². The predicted octanol–water partition coefficient (Wildman–Crippen LogP) is 1.98. The molecule has 1 N–H and O–H groups in total. The molecule has 0 spiro atoms. The van der Waals surface area contributed by atoms with Crippen molar-refractivity contribution in [2.24, 2.45) is 7.05 Å². The maximum Gasteiger partial charge on any atom is 0.293 e. The monoisotopic (exact) mass is 280 g/mol. The Morgan fingerprint density at radius 2 is 2.00 bits per heavy atom. The Balaban J connectivity index is 1.75. The lowest BCUT2D eigenvalue weighted by molar-refractivity contribution is 0.837. The van der Waals surface area contributed by atoms with Gasteiger partial charge in [0.2, 0.25) is 0 Å². The summed E-state index contributed by atoms with van der Waals surface area (Å²) in [5.41, 5.74) is 2.05. The van der Waals surface area contributed by atoms with E-state index >= 15 is 0 Å². The van der Waals surface area contributed by atoms with Gasteiger partial charge >= 0.3 is 0 Å². The number of nitrogens with zero attached hydrogens (tertiary/aromatic N) is 3. The first kappa shape index (κ1) is 13.3. The molecule has 2 aromatic heterocycles. The zero-order valence-corrected chi connectivity index (χ0v) is 11.8. The van der Waals surface area contributed by atoms with Crippen LogP contribution in [-0.4, -0.2) is 21.1 Å². The molecule has 0 fully saturated rings. The zero-order chi connectivity index (χ0) is 14.7. The van der Waals surface area contributed by atoms with E-state index in [4.69, 9.17) is 0 Å². The number of hydrogen-bond donors (Lipinski definition) is 1. The largest absolute Gasteiger partial charge is 0.365 e. The van der Waals surface area contributed by atoms with Crippen molar-refractivity contribution < 1.29 is 0 Å². The molecular formula is C16H16N4O. The second-order valence-corrected chi connectivity index (χ2v) is 4.86.